The average Bonchev–Trinajstić information content (AvgIpc) is 1.97. The highest BCUT2D eigenvalue weighted by molar-refractivity contribution is 5.70. The fraction of sp³-hybridized carbons (Fsp3) is 0.375. The van der Waals surface area contributed by atoms with Crippen LogP contribution >= 0.6 is 0 Å². The lowest BCUT2D eigenvalue weighted by atomic mass is 10.1. The van der Waals surface area contributed by atoms with Gasteiger partial charge in [0, 0.05) is 0 Å². The Kier molecular flexibility index (Phi) is 4.90. The van der Waals surface area contributed by atoms with E-state index in [0.29, 0.717) is 6.42 Å². The van der Waals surface area contributed by atoms with E-state index >= 15 is 0 Å². The van der Waals surface area contributed by atoms with Gasteiger partial charge in [-0.15, -0.1) is 6.58 Å². The van der Waals surface area contributed by atoms with Gasteiger partial charge >= 0.3 is 5.97 Å². The number of carbonyl (C=O) groups is 1. The van der Waals surface area contributed by atoms with Crippen molar-refractivity contribution < 1.29 is 14.6 Å². The average molecular weight is 156 g/mol. The third-order valence-electron chi connectivity index (χ3n) is 1.22. The number of aliphatic carboxylic acids is 1. The van der Waals surface area contributed by atoms with E-state index in [1.807, 2.05) is 0 Å². The molecule has 1 N–H and O–H groups in total. The minimum absolute atomic E-state index is 0.158. The molecule has 3 heteroatoms. The van der Waals surface area contributed by atoms with Crippen LogP contribution in [0.15, 0.2) is 25.5 Å². The summed E-state index contributed by atoms with van der Waals surface area (Å²) in [6, 6.07) is 0. The van der Waals surface area contributed by atoms with Crippen LogP contribution < -0.4 is 0 Å². The Morgan fingerprint density at radius 3 is 2.64 bits per heavy atom. The van der Waals surface area contributed by atoms with Gasteiger partial charge in [-0.3, -0.25) is 4.79 Å². The number of hydrogen-bond donors (Lipinski definition) is 1. The highest BCUT2D eigenvalue weighted by Gasteiger charge is 2.15. The van der Waals surface area contributed by atoms with Gasteiger partial charge in [-0.2, -0.15) is 0 Å². The van der Waals surface area contributed by atoms with Crippen LogP contribution in [0, 0.1) is 5.92 Å². The van der Waals surface area contributed by atoms with Crippen LogP contribution in [0.3, 0.4) is 0 Å². The molecule has 1 atom stereocenters. The number of ether oxygens (including phenoxy) is 1. The fourth-order valence-electron chi connectivity index (χ4n) is 0.626. The Balaban J connectivity index is 3.77. The van der Waals surface area contributed by atoms with Crippen molar-refractivity contribution in [2.45, 2.75) is 6.42 Å². The van der Waals surface area contributed by atoms with E-state index in [1.54, 1.807) is 6.08 Å². The predicted molar refractivity (Wildman–Crippen MR) is 42.1 cm³/mol. The van der Waals surface area contributed by atoms with Crippen molar-refractivity contribution in [1.82, 2.24) is 0 Å². The minimum atomic E-state index is -0.869. The highest BCUT2D eigenvalue weighted by atomic mass is 16.5. The molecular weight excluding hydrogens is 144 g/mol. The maximum Gasteiger partial charge on any atom is 0.310 e. The molecule has 0 aromatic heterocycles. The Bertz CT molecular complexity index is 151. The van der Waals surface area contributed by atoms with Gasteiger partial charge in [-0.05, 0) is 6.42 Å². The van der Waals surface area contributed by atoms with Crippen molar-refractivity contribution in [3.63, 3.8) is 0 Å². The second-order valence-corrected chi connectivity index (χ2v) is 2.06. The van der Waals surface area contributed by atoms with Crippen LogP contribution in [-0.2, 0) is 9.53 Å². The summed E-state index contributed by atoms with van der Waals surface area (Å²) in [5.74, 6) is -1.38. The SMILES string of the molecule is C=CCC(COC=C)C(=O)O. The number of hydrogen-bond acceptors (Lipinski definition) is 2. The van der Waals surface area contributed by atoms with E-state index in [2.05, 4.69) is 13.2 Å². The van der Waals surface area contributed by atoms with Crippen LogP contribution in [0.2, 0.25) is 0 Å². The molecule has 0 aromatic rings. The maximum atomic E-state index is 10.4. The van der Waals surface area contributed by atoms with Crippen LogP contribution in [0.5, 0.6) is 0 Å². The Hall–Kier alpha value is -1.25. The molecule has 1 unspecified atom stereocenters. The summed E-state index contributed by atoms with van der Waals surface area (Å²) in [5.41, 5.74) is 0. The van der Waals surface area contributed by atoms with Gasteiger partial charge in [0.1, 0.15) is 6.61 Å². The normalized spacial score (nSPS) is 11.6. The van der Waals surface area contributed by atoms with E-state index in [4.69, 9.17) is 9.84 Å². The summed E-state index contributed by atoms with van der Waals surface area (Å²) >= 11 is 0. The topological polar surface area (TPSA) is 46.5 Å². The Labute approximate surface area is 66.0 Å². The zero-order chi connectivity index (χ0) is 8.69. The highest BCUT2D eigenvalue weighted by Crippen LogP contribution is 2.04. The quantitative estimate of drug-likeness (QED) is 0.467. The second kappa shape index (κ2) is 5.53. The third kappa shape index (κ3) is 4.19. The van der Waals surface area contributed by atoms with Gasteiger partial charge < -0.3 is 9.84 Å². The molecule has 11 heavy (non-hydrogen) atoms. The lowest BCUT2D eigenvalue weighted by Gasteiger charge is -2.07. The first-order valence-electron chi connectivity index (χ1n) is 3.28. The molecule has 0 heterocycles. The Morgan fingerprint density at radius 1 is 1.64 bits per heavy atom. The zero-order valence-electron chi connectivity index (χ0n) is 6.32. The van der Waals surface area contributed by atoms with Crippen LogP contribution in [0.25, 0.3) is 0 Å². The molecule has 0 spiro atoms. The predicted octanol–water partition coefficient (Wildman–Crippen LogP) is 1.42. The van der Waals surface area contributed by atoms with E-state index < -0.39 is 11.9 Å². The van der Waals surface area contributed by atoms with E-state index in [1.165, 1.54) is 6.26 Å². The molecular formula is C8H12O3. The van der Waals surface area contributed by atoms with Crippen LogP contribution in [0.4, 0.5) is 0 Å². The summed E-state index contributed by atoms with van der Waals surface area (Å²) < 4.78 is 4.74. The van der Waals surface area contributed by atoms with Gasteiger partial charge in [0.25, 0.3) is 0 Å². The molecule has 0 aliphatic carbocycles. The maximum absolute atomic E-state index is 10.4. The minimum Gasteiger partial charge on any atom is -0.501 e. The summed E-state index contributed by atoms with van der Waals surface area (Å²) in [4.78, 5) is 10.4. The van der Waals surface area contributed by atoms with Gasteiger partial charge in [-0.25, -0.2) is 0 Å². The van der Waals surface area contributed by atoms with Crippen molar-refractivity contribution in [3.8, 4) is 0 Å². The second-order valence-electron chi connectivity index (χ2n) is 2.06. The molecule has 0 saturated heterocycles. The smallest absolute Gasteiger partial charge is 0.310 e. The summed E-state index contributed by atoms with van der Waals surface area (Å²) in [6.07, 6.45) is 3.22. The molecule has 62 valence electrons. The van der Waals surface area contributed by atoms with Crippen molar-refractivity contribution in [2.75, 3.05) is 6.61 Å². The number of allylic oxidation sites excluding steroid dienone is 1. The fourth-order valence-corrected chi connectivity index (χ4v) is 0.626. The molecule has 0 rings (SSSR count). The lowest BCUT2D eigenvalue weighted by molar-refractivity contribution is -0.143. The van der Waals surface area contributed by atoms with Crippen molar-refractivity contribution in [2.24, 2.45) is 5.92 Å². The van der Waals surface area contributed by atoms with Gasteiger partial charge in [0.05, 0.1) is 12.2 Å². The zero-order valence-corrected chi connectivity index (χ0v) is 6.32. The lowest BCUT2D eigenvalue weighted by Crippen LogP contribution is -2.17. The summed E-state index contributed by atoms with van der Waals surface area (Å²) in [7, 11) is 0. The standard InChI is InChI=1S/C8H12O3/c1-3-5-7(8(9)10)6-11-4-2/h3-4,7H,1-2,5-6H2,(H,9,10). The van der Waals surface area contributed by atoms with Crippen molar-refractivity contribution >= 4 is 5.97 Å². The monoisotopic (exact) mass is 156 g/mol. The molecule has 3 nitrogen and oxygen atoms in total. The molecule has 0 amide bonds. The number of carboxylic acids is 1. The number of carboxylic acid groups (broad SMARTS) is 1. The summed E-state index contributed by atoms with van der Waals surface area (Å²) in [5, 5.41) is 8.57. The first kappa shape index (κ1) is 9.75. The first-order valence-corrected chi connectivity index (χ1v) is 3.28. The van der Waals surface area contributed by atoms with E-state index in [9.17, 15) is 4.79 Å². The summed E-state index contributed by atoms with van der Waals surface area (Å²) in [6.45, 7) is 6.91. The molecule has 0 bridgehead atoms. The van der Waals surface area contributed by atoms with Crippen LogP contribution in [0.1, 0.15) is 6.42 Å². The largest absolute Gasteiger partial charge is 0.501 e. The van der Waals surface area contributed by atoms with Gasteiger partial charge in [-0.1, -0.05) is 12.7 Å². The molecule has 0 aliphatic rings. The van der Waals surface area contributed by atoms with Crippen molar-refractivity contribution in [3.05, 3.63) is 25.5 Å². The molecule has 0 saturated carbocycles. The molecule has 0 aliphatic heterocycles. The van der Waals surface area contributed by atoms with Gasteiger partial charge in [0.15, 0.2) is 0 Å². The first-order chi connectivity index (χ1) is 5.22. The molecule has 0 fully saturated rings. The number of rotatable bonds is 6. The molecule has 0 radical (unpaired) electrons. The van der Waals surface area contributed by atoms with Gasteiger partial charge in [0.2, 0.25) is 0 Å². The third-order valence-corrected chi connectivity index (χ3v) is 1.22. The van der Waals surface area contributed by atoms with E-state index in [-0.39, 0.29) is 6.61 Å². The Morgan fingerprint density at radius 2 is 2.27 bits per heavy atom. The van der Waals surface area contributed by atoms with Crippen LogP contribution in [-0.4, -0.2) is 17.7 Å². The van der Waals surface area contributed by atoms with E-state index in [0.717, 1.165) is 0 Å². The molecule has 0 aromatic carbocycles. The van der Waals surface area contributed by atoms with Crippen molar-refractivity contribution in [1.29, 1.82) is 0 Å².